The number of carbonyl (C=O) groups excluding carboxylic acids is 1. The fourth-order valence-electron chi connectivity index (χ4n) is 2.75. The number of carbonyl (C=O) groups is 1. The first kappa shape index (κ1) is 21.0. The number of hydrogen-bond donors (Lipinski definition) is 1. The second kappa shape index (κ2) is 9.20. The number of nitrogens with one attached hydrogen (secondary N) is 1. The van der Waals surface area contributed by atoms with Crippen LogP contribution in [0.4, 0.5) is 0 Å². The van der Waals surface area contributed by atoms with Crippen molar-refractivity contribution in [2.24, 2.45) is 0 Å². The summed E-state index contributed by atoms with van der Waals surface area (Å²) >= 11 is 12.3. The minimum Gasteiger partial charge on any atom is -0.472 e. The van der Waals surface area contributed by atoms with Gasteiger partial charge in [-0.05, 0) is 50.1 Å². The first-order valence-electron chi connectivity index (χ1n) is 8.93. The van der Waals surface area contributed by atoms with E-state index < -0.39 is 5.54 Å². The molecule has 29 heavy (non-hydrogen) atoms. The van der Waals surface area contributed by atoms with E-state index in [0.717, 1.165) is 5.56 Å². The lowest BCUT2D eigenvalue weighted by atomic mass is 9.95. The smallest absolute Gasteiger partial charge is 0.271 e. The number of halogens is 2. The van der Waals surface area contributed by atoms with Crippen molar-refractivity contribution in [3.63, 3.8) is 0 Å². The monoisotopic (exact) mass is 430 g/mol. The van der Waals surface area contributed by atoms with Crippen LogP contribution in [-0.2, 0) is 13.0 Å². The zero-order chi connectivity index (χ0) is 20.9. The van der Waals surface area contributed by atoms with Crippen molar-refractivity contribution in [3.05, 3.63) is 82.0 Å². The lowest BCUT2D eigenvalue weighted by molar-refractivity contribution is 0.0907. The molecular formula is C21H20Cl2N4O2. The number of benzene rings is 1. The molecular weight excluding hydrogens is 411 g/mol. The summed E-state index contributed by atoms with van der Waals surface area (Å²) in [4.78, 5) is 24.8. The molecule has 6 nitrogen and oxygen atoms in total. The third kappa shape index (κ3) is 5.89. The average Bonchev–Trinajstić information content (AvgIpc) is 2.68. The van der Waals surface area contributed by atoms with Crippen molar-refractivity contribution in [3.8, 4) is 5.88 Å². The molecule has 0 fully saturated rings. The Bertz CT molecular complexity index is 959. The maximum absolute atomic E-state index is 12.5. The minimum absolute atomic E-state index is 0.150. The van der Waals surface area contributed by atoms with Crippen molar-refractivity contribution in [2.75, 3.05) is 0 Å². The summed E-state index contributed by atoms with van der Waals surface area (Å²) in [6.07, 6.45) is 6.89. The molecule has 0 saturated carbocycles. The van der Waals surface area contributed by atoms with Gasteiger partial charge in [0.1, 0.15) is 12.3 Å². The van der Waals surface area contributed by atoms with Gasteiger partial charge in [0, 0.05) is 33.5 Å². The van der Waals surface area contributed by atoms with Gasteiger partial charge < -0.3 is 10.1 Å². The molecule has 1 aromatic carbocycles. The van der Waals surface area contributed by atoms with Crippen molar-refractivity contribution >= 4 is 29.1 Å². The first-order chi connectivity index (χ1) is 13.8. The van der Waals surface area contributed by atoms with Gasteiger partial charge in [0.25, 0.3) is 5.91 Å². The Kier molecular flexibility index (Phi) is 6.67. The zero-order valence-electron chi connectivity index (χ0n) is 16.0. The summed E-state index contributed by atoms with van der Waals surface area (Å²) in [6.45, 7) is 4.05. The van der Waals surface area contributed by atoms with Crippen molar-refractivity contribution < 1.29 is 9.53 Å². The van der Waals surface area contributed by atoms with Crippen LogP contribution >= 0.6 is 23.2 Å². The number of rotatable bonds is 7. The minimum atomic E-state index is -0.462. The number of amides is 1. The highest BCUT2D eigenvalue weighted by atomic mass is 35.5. The molecule has 0 bridgehead atoms. The molecule has 0 unspecified atom stereocenters. The topological polar surface area (TPSA) is 77.0 Å². The molecule has 0 radical (unpaired) electrons. The first-order valence-corrected chi connectivity index (χ1v) is 9.69. The van der Waals surface area contributed by atoms with Gasteiger partial charge in [0.15, 0.2) is 0 Å². The molecule has 0 aliphatic rings. The standard InChI is InChI=1S/C21H20Cl2N4O2/c1-21(2,10-14-6-8-24-9-7-14)27-20(28)18-11-26-19(12-25-18)29-13-15-16(22)4-3-5-17(15)23/h3-9,11-12H,10,13H2,1-2H3,(H,27,28). The van der Waals surface area contributed by atoms with Crippen LogP contribution in [0.5, 0.6) is 5.88 Å². The summed E-state index contributed by atoms with van der Waals surface area (Å²) in [5, 5.41) is 4.00. The third-order valence-electron chi connectivity index (χ3n) is 4.13. The highest BCUT2D eigenvalue weighted by Gasteiger charge is 2.22. The Morgan fingerprint density at radius 3 is 2.38 bits per heavy atom. The molecule has 1 N–H and O–H groups in total. The number of nitrogens with zero attached hydrogens (tertiary/aromatic N) is 3. The molecule has 8 heteroatoms. The Balaban J connectivity index is 1.60. The number of aromatic nitrogens is 3. The van der Waals surface area contributed by atoms with E-state index in [9.17, 15) is 4.79 Å². The van der Waals surface area contributed by atoms with E-state index in [1.807, 2.05) is 26.0 Å². The molecule has 3 rings (SSSR count). The van der Waals surface area contributed by atoms with Gasteiger partial charge in [0.05, 0.1) is 12.4 Å². The van der Waals surface area contributed by atoms with Gasteiger partial charge in [-0.2, -0.15) is 0 Å². The fourth-order valence-corrected chi connectivity index (χ4v) is 3.26. The second-order valence-electron chi connectivity index (χ2n) is 7.10. The fraction of sp³-hybridized carbons (Fsp3) is 0.238. The van der Waals surface area contributed by atoms with Crippen molar-refractivity contribution in [2.45, 2.75) is 32.4 Å². The van der Waals surface area contributed by atoms with Crippen molar-refractivity contribution in [1.82, 2.24) is 20.3 Å². The lowest BCUT2D eigenvalue weighted by Crippen LogP contribution is -2.45. The third-order valence-corrected chi connectivity index (χ3v) is 4.84. The van der Waals surface area contributed by atoms with Crippen LogP contribution in [0.1, 0.15) is 35.5 Å². The van der Waals surface area contributed by atoms with Gasteiger partial charge in [-0.3, -0.25) is 9.78 Å². The van der Waals surface area contributed by atoms with Gasteiger partial charge in [-0.15, -0.1) is 0 Å². The number of hydrogen-bond acceptors (Lipinski definition) is 5. The normalized spacial score (nSPS) is 11.2. The highest BCUT2D eigenvalue weighted by molar-refractivity contribution is 6.35. The maximum atomic E-state index is 12.5. The summed E-state index contributed by atoms with van der Waals surface area (Å²) in [7, 11) is 0. The largest absolute Gasteiger partial charge is 0.472 e. The lowest BCUT2D eigenvalue weighted by Gasteiger charge is -2.26. The van der Waals surface area contributed by atoms with Gasteiger partial charge in [-0.25, -0.2) is 9.97 Å². The Hall–Kier alpha value is -2.70. The van der Waals surface area contributed by atoms with Crippen LogP contribution in [0.15, 0.2) is 55.1 Å². The quantitative estimate of drug-likeness (QED) is 0.596. The average molecular weight is 431 g/mol. The summed E-state index contributed by atoms with van der Waals surface area (Å²) < 4.78 is 5.59. The zero-order valence-corrected chi connectivity index (χ0v) is 17.5. The molecule has 0 aliphatic carbocycles. The Morgan fingerprint density at radius 1 is 1.07 bits per heavy atom. The van der Waals surface area contributed by atoms with Crippen molar-refractivity contribution in [1.29, 1.82) is 0 Å². The van der Waals surface area contributed by atoms with Gasteiger partial charge in [0.2, 0.25) is 5.88 Å². The van der Waals surface area contributed by atoms with Crippen LogP contribution in [0, 0.1) is 0 Å². The number of pyridine rings is 1. The Labute approximate surface area is 179 Å². The van der Waals surface area contributed by atoms with E-state index in [1.165, 1.54) is 12.4 Å². The molecule has 1 amide bonds. The molecule has 0 saturated heterocycles. The van der Waals surface area contributed by atoms with E-state index >= 15 is 0 Å². The predicted octanol–water partition coefficient (Wildman–Crippen LogP) is 4.51. The maximum Gasteiger partial charge on any atom is 0.271 e. The van der Waals surface area contributed by atoms with Crippen LogP contribution in [0.25, 0.3) is 0 Å². The molecule has 3 aromatic rings. The van der Waals surface area contributed by atoms with Gasteiger partial charge in [-0.1, -0.05) is 29.3 Å². The van der Waals surface area contributed by atoms with E-state index in [1.54, 1.807) is 30.6 Å². The molecule has 0 atom stereocenters. The Morgan fingerprint density at radius 2 is 1.76 bits per heavy atom. The van der Waals surface area contributed by atoms with Crippen LogP contribution < -0.4 is 10.1 Å². The summed E-state index contributed by atoms with van der Waals surface area (Å²) in [5.74, 6) is -0.0363. The predicted molar refractivity (Wildman–Crippen MR) is 112 cm³/mol. The van der Waals surface area contributed by atoms with E-state index in [2.05, 4.69) is 20.3 Å². The van der Waals surface area contributed by atoms with Crippen LogP contribution in [0.3, 0.4) is 0 Å². The van der Waals surface area contributed by atoms with Crippen LogP contribution in [0.2, 0.25) is 10.0 Å². The summed E-state index contributed by atoms with van der Waals surface area (Å²) in [5.41, 5.74) is 1.49. The molecule has 0 spiro atoms. The van der Waals surface area contributed by atoms with E-state index in [4.69, 9.17) is 27.9 Å². The van der Waals surface area contributed by atoms with Gasteiger partial charge >= 0.3 is 0 Å². The summed E-state index contributed by atoms with van der Waals surface area (Å²) in [6, 6.07) is 9.08. The molecule has 0 aliphatic heterocycles. The molecule has 2 heterocycles. The van der Waals surface area contributed by atoms with Crippen LogP contribution in [-0.4, -0.2) is 26.4 Å². The van der Waals surface area contributed by atoms with E-state index in [-0.39, 0.29) is 24.1 Å². The second-order valence-corrected chi connectivity index (χ2v) is 7.91. The molecule has 2 aromatic heterocycles. The highest BCUT2D eigenvalue weighted by Crippen LogP contribution is 2.25. The number of ether oxygens (including phenoxy) is 1. The molecule has 150 valence electrons. The van der Waals surface area contributed by atoms with E-state index in [0.29, 0.717) is 22.0 Å². The SMILES string of the molecule is CC(C)(Cc1ccncc1)NC(=O)c1cnc(OCc2c(Cl)cccc2Cl)cn1.